The summed E-state index contributed by atoms with van der Waals surface area (Å²) in [4.78, 5) is 0. The van der Waals surface area contributed by atoms with Crippen LogP contribution >= 0.6 is 11.6 Å². The number of aromatic nitrogens is 2. The van der Waals surface area contributed by atoms with Gasteiger partial charge in [0.2, 0.25) is 0 Å². The van der Waals surface area contributed by atoms with E-state index in [-0.39, 0.29) is 6.04 Å². The van der Waals surface area contributed by atoms with Gasteiger partial charge in [0.25, 0.3) is 0 Å². The molecule has 0 spiro atoms. The van der Waals surface area contributed by atoms with Crippen LogP contribution in [-0.2, 0) is 13.1 Å². The number of rotatable bonds is 5. The molecule has 0 aliphatic carbocycles. The lowest BCUT2D eigenvalue weighted by atomic mass is 10.1. The van der Waals surface area contributed by atoms with Crippen molar-refractivity contribution in [2.75, 3.05) is 0 Å². The predicted molar refractivity (Wildman–Crippen MR) is 84.1 cm³/mol. The molecule has 0 fully saturated rings. The molecule has 0 saturated heterocycles. The minimum atomic E-state index is 0.175. The highest BCUT2D eigenvalue weighted by Crippen LogP contribution is 2.21. The minimum Gasteiger partial charge on any atom is -0.305 e. The number of hydrogen-bond donors (Lipinski definition) is 1. The molecule has 0 saturated carbocycles. The highest BCUT2D eigenvalue weighted by Gasteiger charge is 2.13. The van der Waals surface area contributed by atoms with Crippen molar-refractivity contribution in [3.63, 3.8) is 0 Å². The highest BCUT2D eigenvalue weighted by atomic mass is 35.5. The molecule has 2 rings (SSSR count). The normalized spacial score (nSPS) is 12.1. The van der Waals surface area contributed by atoms with Gasteiger partial charge in [0.15, 0.2) is 0 Å². The zero-order valence-corrected chi connectivity index (χ0v) is 13.3. The summed E-state index contributed by atoms with van der Waals surface area (Å²) in [6, 6.07) is 9.92. The zero-order chi connectivity index (χ0) is 15.4. The van der Waals surface area contributed by atoms with Crippen molar-refractivity contribution in [2.24, 2.45) is 0 Å². The molecule has 0 radical (unpaired) electrons. The Hall–Kier alpha value is -1.83. The third-order valence-corrected chi connectivity index (χ3v) is 4.06. The summed E-state index contributed by atoms with van der Waals surface area (Å²) in [5.74, 6) is 0. The molecule has 5 heteroatoms. The molecule has 2 aromatic rings. The largest absolute Gasteiger partial charge is 0.305 e. The topological polar surface area (TPSA) is 53.6 Å². The first kappa shape index (κ1) is 15.6. The van der Waals surface area contributed by atoms with Gasteiger partial charge in [-0.1, -0.05) is 23.7 Å². The first-order valence-corrected chi connectivity index (χ1v) is 7.39. The zero-order valence-electron chi connectivity index (χ0n) is 12.5. The molecule has 0 bridgehead atoms. The Balaban J connectivity index is 2.07. The van der Waals surface area contributed by atoms with Gasteiger partial charge in [-0.15, -0.1) is 0 Å². The summed E-state index contributed by atoms with van der Waals surface area (Å²) in [6.07, 6.45) is 0. The number of aryl methyl sites for hydroxylation is 2. The lowest BCUT2D eigenvalue weighted by Gasteiger charge is -2.15. The maximum absolute atomic E-state index is 8.82. The van der Waals surface area contributed by atoms with Crippen LogP contribution in [0.1, 0.15) is 42.4 Å². The standard InChI is InChI=1S/C16H19ClN4/c1-4-21-15(16(17)12(3)20-21)10-19-11(2)14-7-5-13(9-18)6-8-14/h5-8,11,19H,4,10H2,1-3H3. The average molecular weight is 303 g/mol. The molecule has 4 nitrogen and oxygen atoms in total. The van der Waals surface area contributed by atoms with E-state index in [0.717, 1.165) is 28.5 Å². The van der Waals surface area contributed by atoms with Crippen molar-refractivity contribution in [3.8, 4) is 6.07 Å². The van der Waals surface area contributed by atoms with Crippen LogP contribution < -0.4 is 5.32 Å². The van der Waals surface area contributed by atoms with Gasteiger partial charge >= 0.3 is 0 Å². The molecule has 21 heavy (non-hydrogen) atoms. The third kappa shape index (κ3) is 3.44. The molecule has 1 unspecified atom stereocenters. The fourth-order valence-corrected chi connectivity index (χ4v) is 2.45. The maximum Gasteiger partial charge on any atom is 0.0991 e. The maximum atomic E-state index is 8.82. The van der Waals surface area contributed by atoms with Crippen molar-refractivity contribution < 1.29 is 0 Å². The summed E-state index contributed by atoms with van der Waals surface area (Å²) < 4.78 is 1.93. The number of nitriles is 1. The van der Waals surface area contributed by atoms with E-state index in [2.05, 4.69) is 30.3 Å². The van der Waals surface area contributed by atoms with E-state index in [1.165, 1.54) is 0 Å². The van der Waals surface area contributed by atoms with Crippen molar-refractivity contribution in [3.05, 3.63) is 51.8 Å². The fourth-order valence-electron chi connectivity index (χ4n) is 2.25. The minimum absolute atomic E-state index is 0.175. The lowest BCUT2D eigenvalue weighted by molar-refractivity contribution is 0.531. The Bertz CT molecular complexity index is 652. The Labute approximate surface area is 130 Å². The van der Waals surface area contributed by atoms with Gasteiger partial charge in [0, 0.05) is 19.1 Å². The molecular formula is C16H19ClN4. The summed E-state index contributed by atoms with van der Waals surface area (Å²) in [6.45, 7) is 7.53. The molecule has 1 N–H and O–H groups in total. The molecule has 0 aliphatic rings. The van der Waals surface area contributed by atoms with E-state index >= 15 is 0 Å². The van der Waals surface area contributed by atoms with Gasteiger partial charge in [0.05, 0.1) is 28.0 Å². The monoisotopic (exact) mass is 302 g/mol. The smallest absolute Gasteiger partial charge is 0.0991 e. The highest BCUT2D eigenvalue weighted by molar-refractivity contribution is 6.31. The van der Waals surface area contributed by atoms with E-state index in [1.54, 1.807) is 0 Å². The summed E-state index contributed by atoms with van der Waals surface area (Å²) >= 11 is 6.30. The van der Waals surface area contributed by atoms with Crippen LogP contribution in [0, 0.1) is 18.3 Å². The van der Waals surface area contributed by atoms with Crippen molar-refractivity contribution in [1.82, 2.24) is 15.1 Å². The molecule has 1 aromatic carbocycles. The number of benzene rings is 1. The second-order valence-corrected chi connectivity index (χ2v) is 5.38. The first-order chi connectivity index (χ1) is 10.1. The molecule has 1 aromatic heterocycles. The molecule has 1 heterocycles. The Kier molecular flexibility index (Phi) is 5.00. The SMILES string of the molecule is CCn1nc(C)c(Cl)c1CNC(C)c1ccc(C#N)cc1. The van der Waals surface area contributed by atoms with Gasteiger partial charge in [-0.3, -0.25) is 4.68 Å². The van der Waals surface area contributed by atoms with Crippen LogP contribution in [0.25, 0.3) is 0 Å². The lowest BCUT2D eigenvalue weighted by Crippen LogP contribution is -2.20. The first-order valence-electron chi connectivity index (χ1n) is 7.02. The summed E-state index contributed by atoms with van der Waals surface area (Å²) in [5, 5.41) is 17.4. The van der Waals surface area contributed by atoms with Crippen molar-refractivity contribution >= 4 is 11.6 Å². The quantitative estimate of drug-likeness (QED) is 0.918. The number of hydrogen-bond acceptors (Lipinski definition) is 3. The van der Waals surface area contributed by atoms with Gasteiger partial charge < -0.3 is 5.32 Å². The summed E-state index contributed by atoms with van der Waals surface area (Å²) in [7, 11) is 0. The van der Waals surface area contributed by atoms with Crippen LogP contribution in [-0.4, -0.2) is 9.78 Å². The predicted octanol–water partition coefficient (Wildman–Crippen LogP) is 3.59. The van der Waals surface area contributed by atoms with Crippen LogP contribution in [0.5, 0.6) is 0 Å². The molecule has 1 atom stereocenters. The Morgan fingerprint density at radius 3 is 2.62 bits per heavy atom. The molecule has 110 valence electrons. The van der Waals surface area contributed by atoms with E-state index in [4.69, 9.17) is 16.9 Å². The second kappa shape index (κ2) is 6.75. The molecular weight excluding hydrogens is 284 g/mol. The van der Waals surface area contributed by atoms with Gasteiger partial charge in [-0.2, -0.15) is 10.4 Å². The number of nitrogens with zero attached hydrogens (tertiary/aromatic N) is 3. The van der Waals surface area contributed by atoms with E-state index in [1.807, 2.05) is 35.9 Å². The van der Waals surface area contributed by atoms with Gasteiger partial charge in [0.1, 0.15) is 0 Å². The number of nitrogens with one attached hydrogen (secondary N) is 1. The van der Waals surface area contributed by atoms with Crippen LogP contribution in [0.4, 0.5) is 0 Å². The van der Waals surface area contributed by atoms with Gasteiger partial charge in [-0.05, 0) is 38.5 Å². The second-order valence-electron chi connectivity index (χ2n) is 5.00. The van der Waals surface area contributed by atoms with Crippen molar-refractivity contribution in [1.29, 1.82) is 5.26 Å². The average Bonchev–Trinajstić information content (AvgIpc) is 2.79. The Morgan fingerprint density at radius 2 is 2.05 bits per heavy atom. The van der Waals surface area contributed by atoms with E-state index < -0.39 is 0 Å². The van der Waals surface area contributed by atoms with Crippen LogP contribution in [0.15, 0.2) is 24.3 Å². The van der Waals surface area contributed by atoms with Crippen LogP contribution in [0.3, 0.4) is 0 Å². The third-order valence-electron chi connectivity index (χ3n) is 3.57. The van der Waals surface area contributed by atoms with E-state index in [9.17, 15) is 0 Å². The van der Waals surface area contributed by atoms with Crippen molar-refractivity contribution in [2.45, 2.75) is 39.9 Å². The molecule has 0 aliphatic heterocycles. The van der Waals surface area contributed by atoms with Gasteiger partial charge in [-0.25, -0.2) is 0 Å². The number of halogens is 1. The molecule has 0 amide bonds. The fraction of sp³-hybridized carbons (Fsp3) is 0.375. The Morgan fingerprint density at radius 1 is 1.38 bits per heavy atom. The summed E-state index contributed by atoms with van der Waals surface area (Å²) in [5.41, 5.74) is 3.69. The van der Waals surface area contributed by atoms with Crippen LogP contribution in [0.2, 0.25) is 5.02 Å². The van der Waals surface area contributed by atoms with E-state index in [0.29, 0.717) is 12.1 Å².